The van der Waals surface area contributed by atoms with E-state index in [-0.39, 0.29) is 40.7 Å². The van der Waals surface area contributed by atoms with Crippen LogP contribution >= 0.6 is 0 Å². The first-order valence-electron chi connectivity index (χ1n) is 13.3. The van der Waals surface area contributed by atoms with Crippen molar-refractivity contribution in [1.29, 1.82) is 5.26 Å². The Bertz CT molecular complexity index is 1640. The number of carbonyl (C=O) groups excluding carboxylic acids is 2. The Morgan fingerprint density at radius 1 is 1.00 bits per heavy atom. The van der Waals surface area contributed by atoms with Crippen LogP contribution in [0.5, 0.6) is 0 Å². The van der Waals surface area contributed by atoms with Gasteiger partial charge in [0.1, 0.15) is 23.5 Å². The van der Waals surface area contributed by atoms with E-state index in [0.29, 0.717) is 12.1 Å². The molecule has 11 nitrogen and oxygen atoms in total. The molecule has 0 saturated heterocycles. The molecule has 2 aromatic carbocycles. The Kier molecular flexibility index (Phi) is 9.95. The number of rotatable bonds is 11. The summed E-state index contributed by atoms with van der Waals surface area (Å²) in [4.78, 5) is 34.0. The zero-order valence-electron chi connectivity index (χ0n) is 23.2. The summed E-state index contributed by atoms with van der Waals surface area (Å²) >= 11 is 0. The van der Waals surface area contributed by atoms with E-state index in [1.165, 1.54) is 24.4 Å². The zero-order chi connectivity index (χ0) is 30.9. The van der Waals surface area contributed by atoms with Crippen LogP contribution in [0, 0.1) is 17.1 Å². The molecular formula is C31H30FN7O4. The smallest absolute Gasteiger partial charge is 0.255 e. The highest BCUT2D eigenvalue weighted by Gasteiger charge is 2.18. The summed E-state index contributed by atoms with van der Waals surface area (Å²) < 4.78 is 13.3. The van der Waals surface area contributed by atoms with Gasteiger partial charge < -0.3 is 31.9 Å². The number of aliphatic hydroxyl groups excluding tert-OH is 2. The summed E-state index contributed by atoms with van der Waals surface area (Å²) in [6.07, 6.45) is 1.83. The lowest BCUT2D eigenvalue weighted by Crippen LogP contribution is -2.34. The second-order valence-electron chi connectivity index (χ2n) is 9.73. The van der Waals surface area contributed by atoms with E-state index in [0.717, 1.165) is 16.7 Å². The standard InChI is InChI=1S/C31H30FN7O4/c1-18(21-6-8-24(32)9-7-21)39-31(43)27-10-20(12-33)14-37-29(27)36-13-19-2-4-22(5-3-19)23-11-26(28(34)35-15-23)30(42)38-16-25(41)17-40/h2-11,14-15,18,25,40-41H,13,16-17H2,1H3,(H2,34,35)(H,36,37)(H,38,42)(H,39,43)/t18-,25?/m0/s1. The maximum absolute atomic E-state index is 13.3. The second-order valence-corrected chi connectivity index (χ2v) is 9.73. The Labute approximate surface area is 247 Å². The fourth-order valence-electron chi connectivity index (χ4n) is 4.14. The molecule has 4 rings (SSSR count). The fraction of sp³-hybridized carbons (Fsp3) is 0.194. The minimum absolute atomic E-state index is 0.0300. The van der Waals surface area contributed by atoms with E-state index in [4.69, 9.17) is 10.8 Å². The van der Waals surface area contributed by atoms with E-state index in [9.17, 15) is 24.3 Å². The molecule has 0 saturated carbocycles. The number of nitrogens with two attached hydrogens (primary N) is 1. The molecule has 0 fully saturated rings. The number of nitrogens with one attached hydrogen (secondary N) is 3. The van der Waals surface area contributed by atoms with E-state index in [2.05, 4.69) is 25.9 Å². The monoisotopic (exact) mass is 583 g/mol. The molecule has 43 heavy (non-hydrogen) atoms. The van der Waals surface area contributed by atoms with Gasteiger partial charge in [-0.15, -0.1) is 0 Å². The van der Waals surface area contributed by atoms with Crippen molar-refractivity contribution in [2.45, 2.75) is 25.6 Å². The van der Waals surface area contributed by atoms with Crippen molar-refractivity contribution in [3.8, 4) is 17.2 Å². The highest BCUT2D eigenvalue weighted by Crippen LogP contribution is 2.24. The van der Waals surface area contributed by atoms with Crippen LogP contribution in [-0.2, 0) is 6.54 Å². The van der Waals surface area contributed by atoms with Crippen LogP contribution in [0.2, 0.25) is 0 Å². The third kappa shape index (κ3) is 7.88. The van der Waals surface area contributed by atoms with Crippen molar-refractivity contribution in [2.75, 3.05) is 24.2 Å². The second kappa shape index (κ2) is 14.0. The molecule has 2 aromatic heterocycles. The van der Waals surface area contributed by atoms with Crippen LogP contribution in [0.25, 0.3) is 11.1 Å². The van der Waals surface area contributed by atoms with E-state index in [1.807, 2.05) is 30.3 Å². The summed E-state index contributed by atoms with van der Waals surface area (Å²) in [5.74, 6) is -1.02. The van der Waals surface area contributed by atoms with Crippen LogP contribution < -0.4 is 21.7 Å². The van der Waals surface area contributed by atoms with Gasteiger partial charge >= 0.3 is 0 Å². The van der Waals surface area contributed by atoms with Gasteiger partial charge in [0.2, 0.25) is 0 Å². The van der Waals surface area contributed by atoms with Crippen molar-refractivity contribution in [2.24, 2.45) is 0 Å². The van der Waals surface area contributed by atoms with Gasteiger partial charge in [-0.3, -0.25) is 9.59 Å². The molecule has 0 bridgehead atoms. The topological polar surface area (TPSA) is 186 Å². The number of aromatic nitrogens is 2. The number of benzene rings is 2. The molecule has 0 aliphatic rings. The van der Waals surface area contributed by atoms with Crippen molar-refractivity contribution < 1.29 is 24.2 Å². The lowest BCUT2D eigenvalue weighted by atomic mass is 10.0. The molecule has 220 valence electrons. The summed E-state index contributed by atoms with van der Waals surface area (Å²) in [5.41, 5.74) is 9.43. The molecular weight excluding hydrogens is 553 g/mol. The molecule has 0 aliphatic carbocycles. The van der Waals surface area contributed by atoms with Gasteiger partial charge in [-0.2, -0.15) is 5.26 Å². The number of aliphatic hydroxyl groups is 2. The van der Waals surface area contributed by atoms with Crippen molar-refractivity contribution >= 4 is 23.5 Å². The highest BCUT2D eigenvalue weighted by atomic mass is 19.1. The number of carbonyl (C=O) groups is 2. The molecule has 12 heteroatoms. The van der Waals surface area contributed by atoms with Crippen LogP contribution in [-0.4, -0.2) is 51.3 Å². The number of nitrogen functional groups attached to an aromatic ring is 1. The molecule has 0 spiro atoms. The Hall–Kier alpha value is -5.38. The van der Waals surface area contributed by atoms with E-state index >= 15 is 0 Å². The first kappa shape index (κ1) is 30.6. The molecule has 1 unspecified atom stereocenters. The van der Waals surface area contributed by atoms with Gasteiger partial charge in [0.25, 0.3) is 11.8 Å². The Morgan fingerprint density at radius 3 is 2.40 bits per heavy atom. The molecule has 2 amide bonds. The summed E-state index contributed by atoms with van der Waals surface area (Å²) in [6.45, 7) is 1.47. The first-order chi connectivity index (χ1) is 20.7. The summed E-state index contributed by atoms with van der Waals surface area (Å²) in [6, 6.07) is 17.8. The largest absolute Gasteiger partial charge is 0.394 e. The lowest BCUT2D eigenvalue weighted by molar-refractivity contribution is 0.0802. The van der Waals surface area contributed by atoms with E-state index < -0.39 is 30.6 Å². The molecule has 4 aromatic rings. The maximum Gasteiger partial charge on any atom is 0.255 e. The average molecular weight is 584 g/mol. The van der Waals surface area contributed by atoms with Crippen LogP contribution in [0.3, 0.4) is 0 Å². The number of anilines is 2. The third-order valence-corrected chi connectivity index (χ3v) is 6.60. The van der Waals surface area contributed by atoms with Gasteiger partial charge in [-0.25, -0.2) is 14.4 Å². The molecule has 2 atom stereocenters. The summed E-state index contributed by atoms with van der Waals surface area (Å²) in [5, 5.41) is 36.3. The predicted octanol–water partition coefficient (Wildman–Crippen LogP) is 2.92. The molecule has 7 N–H and O–H groups in total. The van der Waals surface area contributed by atoms with Crippen LogP contribution in [0.15, 0.2) is 73.1 Å². The van der Waals surface area contributed by atoms with Gasteiger partial charge in [-0.05, 0) is 47.9 Å². The first-order valence-corrected chi connectivity index (χ1v) is 13.3. The Balaban J connectivity index is 1.45. The van der Waals surface area contributed by atoms with Gasteiger partial charge in [-0.1, -0.05) is 36.4 Å². The summed E-state index contributed by atoms with van der Waals surface area (Å²) in [7, 11) is 0. The maximum atomic E-state index is 13.3. The lowest BCUT2D eigenvalue weighted by Gasteiger charge is -2.16. The van der Waals surface area contributed by atoms with Crippen molar-refractivity contribution in [1.82, 2.24) is 20.6 Å². The molecule has 0 aliphatic heterocycles. The molecule has 2 heterocycles. The fourth-order valence-corrected chi connectivity index (χ4v) is 4.14. The van der Waals surface area contributed by atoms with Gasteiger partial charge in [0, 0.05) is 31.0 Å². The van der Waals surface area contributed by atoms with E-state index in [1.54, 1.807) is 31.3 Å². The zero-order valence-corrected chi connectivity index (χ0v) is 23.2. The number of nitrogens with zero attached hydrogens (tertiary/aromatic N) is 3. The quantitative estimate of drug-likeness (QED) is 0.154. The predicted molar refractivity (Wildman–Crippen MR) is 158 cm³/mol. The number of nitriles is 1. The SMILES string of the molecule is C[C@H](NC(=O)c1cc(C#N)cnc1NCc1ccc(-c2cnc(N)c(C(=O)NCC(O)CO)c2)cc1)c1ccc(F)cc1. The highest BCUT2D eigenvalue weighted by molar-refractivity contribution is 6.00. The number of amides is 2. The van der Waals surface area contributed by atoms with Gasteiger partial charge in [0.05, 0.1) is 35.4 Å². The minimum atomic E-state index is -1.09. The van der Waals surface area contributed by atoms with Gasteiger partial charge in [0.15, 0.2) is 0 Å². The van der Waals surface area contributed by atoms with Crippen molar-refractivity contribution in [3.05, 3.63) is 107 Å². The average Bonchev–Trinajstić information content (AvgIpc) is 3.03. The third-order valence-electron chi connectivity index (χ3n) is 6.60. The van der Waals surface area contributed by atoms with Crippen LogP contribution in [0.1, 0.15) is 50.4 Å². The molecule has 0 radical (unpaired) electrons. The minimum Gasteiger partial charge on any atom is -0.394 e. The number of hydrogen-bond donors (Lipinski definition) is 6. The van der Waals surface area contributed by atoms with Crippen LogP contribution in [0.4, 0.5) is 16.0 Å². The number of hydrogen-bond acceptors (Lipinski definition) is 9. The number of halogens is 1. The Morgan fingerprint density at radius 2 is 1.72 bits per heavy atom. The number of pyridine rings is 2. The van der Waals surface area contributed by atoms with Crippen molar-refractivity contribution in [3.63, 3.8) is 0 Å². The normalized spacial score (nSPS) is 12.1.